The van der Waals surface area contributed by atoms with Gasteiger partial charge in [-0.05, 0) is 46.8 Å². The van der Waals surface area contributed by atoms with E-state index in [1.807, 2.05) is 6.92 Å². The van der Waals surface area contributed by atoms with Crippen molar-refractivity contribution in [1.82, 2.24) is 0 Å². The lowest BCUT2D eigenvalue weighted by Crippen LogP contribution is -2.13. The van der Waals surface area contributed by atoms with Crippen LogP contribution in [0.15, 0.2) is 40.9 Å². The van der Waals surface area contributed by atoms with Crippen LogP contribution >= 0.6 is 15.9 Å². The number of nitrogens with one attached hydrogen (secondary N) is 1. The van der Waals surface area contributed by atoms with Crippen molar-refractivity contribution in [3.8, 4) is 5.75 Å². The summed E-state index contributed by atoms with van der Waals surface area (Å²) >= 11 is 2.73. The lowest BCUT2D eigenvalue weighted by Gasteiger charge is -2.21. The van der Waals surface area contributed by atoms with Crippen molar-refractivity contribution in [1.29, 1.82) is 0 Å². The maximum absolute atomic E-state index is 14.1. The van der Waals surface area contributed by atoms with Gasteiger partial charge in [-0.1, -0.05) is 37.6 Å². The third-order valence-electron chi connectivity index (χ3n) is 5.90. The fraction of sp³-hybridized carbons (Fsp3) is 0.360. The number of nitro groups is 2. The molecule has 3 aromatic carbocycles. The van der Waals surface area contributed by atoms with Crippen LogP contribution in [-0.4, -0.2) is 22.6 Å². The number of nitro benzene ring substituents is 2. The van der Waals surface area contributed by atoms with Crippen LogP contribution in [0.4, 0.5) is 49.1 Å². The number of rotatable bonds is 11. The molecule has 216 valence electrons. The molecule has 8 nitrogen and oxygen atoms in total. The molecule has 0 fully saturated rings. The molecule has 0 atom stereocenters. The van der Waals surface area contributed by atoms with E-state index in [-0.39, 0.29) is 37.0 Å². The second-order valence-electron chi connectivity index (χ2n) is 8.74. The van der Waals surface area contributed by atoms with Crippen molar-refractivity contribution in [2.24, 2.45) is 0 Å². The summed E-state index contributed by atoms with van der Waals surface area (Å²) in [4.78, 5) is 21.0. The van der Waals surface area contributed by atoms with E-state index in [9.17, 15) is 46.6 Å². The largest absolute Gasteiger partial charge is 0.493 e. The molecule has 0 saturated heterocycles. The summed E-state index contributed by atoms with van der Waals surface area (Å²) in [6.45, 7) is 1.59. The van der Waals surface area contributed by atoms with E-state index in [4.69, 9.17) is 4.74 Å². The number of halogens is 7. The van der Waals surface area contributed by atoms with Gasteiger partial charge in [0.1, 0.15) is 11.4 Å². The molecule has 15 heteroatoms. The molecule has 0 spiro atoms. The molecule has 0 saturated carbocycles. The average Bonchev–Trinajstić information content (AvgIpc) is 2.84. The van der Waals surface area contributed by atoms with Crippen LogP contribution in [0.2, 0.25) is 0 Å². The number of aryl methyl sites for hydroxylation is 1. The number of fused-ring (bicyclic) bond motifs is 1. The highest BCUT2D eigenvalue weighted by molar-refractivity contribution is 9.10. The smallest absolute Gasteiger partial charge is 0.418 e. The summed E-state index contributed by atoms with van der Waals surface area (Å²) in [5, 5.41) is 26.5. The van der Waals surface area contributed by atoms with E-state index in [1.165, 1.54) is 12.1 Å². The molecule has 0 bridgehead atoms. The van der Waals surface area contributed by atoms with Crippen molar-refractivity contribution in [2.75, 3.05) is 11.9 Å². The van der Waals surface area contributed by atoms with Crippen LogP contribution in [0.5, 0.6) is 5.75 Å². The molecule has 0 aliphatic heterocycles. The molecule has 0 aliphatic carbocycles. The first kappa shape index (κ1) is 30.9. The van der Waals surface area contributed by atoms with Gasteiger partial charge in [-0.3, -0.25) is 20.2 Å². The Kier molecular flexibility index (Phi) is 9.48. The average molecular weight is 638 g/mol. The van der Waals surface area contributed by atoms with Crippen LogP contribution in [0.25, 0.3) is 10.8 Å². The van der Waals surface area contributed by atoms with Crippen molar-refractivity contribution in [3.63, 3.8) is 0 Å². The lowest BCUT2D eigenvalue weighted by molar-refractivity contribution is -0.395. The topological polar surface area (TPSA) is 108 Å². The molecule has 0 heterocycles. The Balaban J connectivity index is 2.25. The Morgan fingerprint density at radius 3 is 2.15 bits per heavy atom. The lowest BCUT2D eigenvalue weighted by atomic mass is 9.98. The van der Waals surface area contributed by atoms with E-state index in [2.05, 4.69) is 21.2 Å². The van der Waals surface area contributed by atoms with Gasteiger partial charge in [0, 0.05) is 23.3 Å². The number of anilines is 2. The summed E-state index contributed by atoms with van der Waals surface area (Å²) < 4.78 is 84.9. The Labute approximate surface area is 231 Å². The Morgan fingerprint density at radius 2 is 1.60 bits per heavy atom. The number of alkyl halides is 6. The normalized spacial score (nSPS) is 12.0. The number of nitrogens with zero attached hydrogens (tertiary/aromatic N) is 2. The molecule has 0 radical (unpaired) electrons. The zero-order chi connectivity index (χ0) is 29.8. The van der Waals surface area contributed by atoms with Gasteiger partial charge in [-0.25, -0.2) is 0 Å². The monoisotopic (exact) mass is 637 g/mol. The molecule has 3 rings (SSSR count). The summed E-state index contributed by atoms with van der Waals surface area (Å²) in [6, 6.07) is 7.92. The van der Waals surface area contributed by atoms with Gasteiger partial charge in [-0.2, -0.15) is 26.3 Å². The Hall–Kier alpha value is -3.62. The van der Waals surface area contributed by atoms with Crippen LogP contribution in [0.1, 0.15) is 43.7 Å². The third-order valence-corrected chi connectivity index (χ3v) is 6.69. The first-order valence-electron chi connectivity index (χ1n) is 11.9. The van der Waals surface area contributed by atoms with Crippen LogP contribution in [0.3, 0.4) is 0 Å². The zero-order valence-electron chi connectivity index (χ0n) is 20.8. The summed E-state index contributed by atoms with van der Waals surface area (Å²) in [7, 11) is 0. The highest BCUT2D eigenvalue weighted by Gasteiger charge is 2.42. The fourth-order valence-corrected chi connectivity index (χ4v) is 4.70. The van der Waals surface area contributed by atoms with Gasteiger partial charge in [0.25, 0.3) is 5.69 Å². The van der Waals surface area contributed by atoms with Crippen molar-refractivity contribution in [2.45, 2.75) is 51.4 Å². The van der Waals surface area contributed by atoms with Gasteiger partial charge in [0.15, 0.2) is 4.47 Å². The molecule has 0 unspecified atom stereocenters. The highest BCUT2D eigenvalue weighted by atomic mass is 79.9. The van der Waals surface area contributed by atoms with Gasteiger partial charge >= 0.3 is 18.0 Å². The number of hydrogen-bond acceptors (Lipinski definition) is 6. The zero-order valence-corrected chi connectivity index (χ0v) is 22.4. The third kappa shape index (κ3) is 7.11. The number of benzene rings is 3. The molecule has 1 N–H and O–H groups in total. The molecular weight excluding hydrogens is 616 g/mol. The summed E-state index contributed by atoms with van der Waals surface area (Å²) in [5.74, 6) is 0.199. The molecule has 40 heavy (non-hydrogen) atoms. The Bertz CT molecular complexity index is 1430. The Morgan fingerprint density at radius 1 is 0.950 bits per heavy atom. The first-order valence-corrected chi connectivity index (χ1v) is 12.7. The van der Waals surface area contributed by atoms with E-state index in [0.29, 0.717) is 29.2 Å². The standard InChI is InChI=1S/C25H22BrF6N3O5/c1-2-3-7-14-12-19(40-11-6-10-24(27,28)29)15-8-4-5-9-16(15)21(14)33-22-17(25(30,31)32)13-18(34(36)37)20(26)23(22)35(38)39/h4-5,8-9,12-13,33H,2-3,6-7,10-11H2,1H3. The van der Waals surface area contributed by atoms with E-state index in [0.717, 1.165) is 0 Å². The van der Waals surface area contributed by atoms with Gasteiger partial charge in [-0.15, -0.1) is 0 Å². The van der Waals surface area contributed by atoms with Crippen molar-refractivity contribution >= 4 is 49.5 Å². The number of ether oxygens (including phenoxy) is 1. The minimum absolute atomic E-state index is 0.0704. The number of hydrogen-bond donors (Lipinski definition) is 1. The van der Waals surface area contributed by atoms with E-state index in [1.54, 1.807) is 18.2 Å². The predicted molar refractivity (Wildman–Crippen MR) is 139 cm³/mol. The quantitative estimate of drug-likeness (QED) is 0.0971. The SMILES string of the molecule is CCCCc1cc(OCCCC(F)(F)F)c2ccccc2c1Nc1c(C(F)(F)F)cc([N+](=O)[O-])c(Br)c1[N+](=O)[O-]. The molecule has 0 amide bonds. The maximum Gasteiger partial charge on any atom is 0.418 e. The number of unbranched alkanes of at least 4 members (excludes halogenated alkanes) is 1. The minimum Gasteiger partial charge on any atom is -0.493 e. The van der Waals surface area contributed by atoms with Gasteiger partial charge in [0.2, 0.25) is 0 Å². The van der Waals surface area contributed by atoms with Gasteiger partial charge < -0.3 is 10.1 Å². The summed E-state index contributed by atoms with van der Waals surface area (Å²) in [6.07, 6.45) is -9.45. The molecule has 0 aromatic heterocycles. The van der Waals surface area contributed by atoms with E-state index < -0.39 is 55.7 Å². The first-order chi connectivity index (χ1) is 18.7. The predicted octanol–water partition coefficient (Wildman–Crippen LogP) is 9.24. The second-order valence-corrected chi connectivity index (χ2v) is 9.54. The van der Waals surface area contributed by atoms with Crippen LogP contribution < -0.4 is 10.1 Å². The highest BCUT2D eigenvalue weighted by Crippen LogP contribution is 2.50. The maximum atomic E-state index is 14.1. The fourth-order valence-electron chi connectivity index (χ4n) is 4.09. The molecular formula is C25H22BrF6N3O5. The van der Waals surface area contributed by atoms with E-state index >= 15 is 0 Å². The molecule has 3 aromatic rings. The summed E-state index contributed by atoms with van der Waals surface area (Å²) in [5.41, 5.74) is -4.48. The molecule has 0 aliphatic rings. The van der Waals surface area contributed by atoms with Crippen LogP contribution in [0, 0.1) is 20.2 Å². The van der Waals surface area contributed by atoms with Crippen LogP contribution in [-0.2, 0) is 12.6 Å². The van der Waals surface area contributed by atoms with Crippen molar-refractivity contribution in [3.05, 3.63) is 72.2 Å². The van der Waals surface area contributed by atoms with Crippen molar-refractivity contribution < 1.29 is 40.9 Å². The minimum atomic E-state index is -5.21. The second kappa shape index (κ2) is 12.3. The van der Waals surface area contributed by atoms with Gasteiger partial charge in [0.05, 0.1) is 27.7 Å².